The van der Waals surface area contributed by atoms with E-state index >= 15 is 0 Å². The van der Waals surface area contributed by atoms with Gasteiger partial charge in [-0.05, 0) is 115 Å². The summed E-state index contributed by atoms with van der Waals surface area (Å²) in [5, 5.41) is 7.16. The SMILES string of the molecule is C1=C2C(=CC(c3ccc4c(c3)c3cc(-c5ccc(-c6cnc7c8ccccc8c8ccccc8c7n6)cc5)ccc3n4-c3ccccc3)C1)C1(c3ccccc32)c2ccccc2-c2ccccc21. The lowest BCUT2D eigenvalue weighted by molar-refractivity contribution is 0.759. The molecule has 1 unspecified atom stereocenters. The molecule has 3 aliphatic carbocycles. The molecule has 68 heavy (non-hydrogen) atoms. The smallest absolute Gasteiger partial charge is 0.0979 e. The van der Waals surface area contributed by atoms with Crippen molar-refractivity contribution >= 4 is 60.0 Å². The van der Waals surface area contributed by atoms with Crippen LogP contribution in [0, 0.1) is 0 Å². The van der Waals surface area contributed by atoms with Crippen LogP contribution in [0.25, 0.3) is 99.2 Å². The van der Waals surface area contributed by atoms with E-state index in [0.717, 1.165) is 50.7 Å². The topological polar surface area (TPSA) is 30.7 Å². The Morgan fingerprint density at radius 1 is 0.441 bits per heavy atom. The highest BCUT2D eigenvalue weighted by Gasteiger charge is 2.53. The number of nitrogens with zero attached hydrogens (tertiary/aromatic N) is 3. The molecule has 2 aromatic heterocycles. The number of fused-ring (bicyclic) bond motifs is 19. The summed E-state index contributed by atoms with van der Waals surface area (Å²) in [6, 6.07) is 78.2. The number of hydrogen-bond donors (Lipinski definition) is 0. The number of allylic oxidation sites excluding steroid dienone is 4. The van der Waals surface area contributed by atoms with Gasteiger partial charge in [0.05, 0.1) is 39.4 Å². The van der Waals surface area contributed by atoms with Crippen LogP contribution in [0.3, 0.4) is 0 Å². The predicted octanol–water partition coefficient (Wildman–Crippen LogP) is 16.2. The minimum Gasteiger partial charge on any atom is -0.309 e. The van der Waals surface area contributed by atoms with Gasteiger partial charge in [0.25, 0.3) is 0 Å². The zero-order valence-electron chi connectivity index (χ0n) is 37.1. The first-order valence-corrected chi connectivity index (χ1v) is 23.7. The number of hydrogen-bond acceptors (Lipinski definition) is 2. The monoisotopic (exact) mass is 863 g/mol. The zero-order chi connectivity index (χ0) is 44.5. The second-order valence-electron chi connectivity index (χ2n) is 18.7. The van der Waals surface area contributed by atoms with Crippen LogP contribution in [-0.4, -0.2) is 14.5 Å². The van der Waals surface area contributed by atoms with Crippen molar-refractivity contribution in [3.05, 3.63) is 264 Å². The van der Waals surface area contributed by atoms with Gasteiger partial charge in [-0.25, -0.2) is 4.98 Å². The van der Waals surface area contributed by atoms with Gasteiger partial charge in [0, 0.05) is 38.7 Å². The van der Waals surface area contributed by atoms with Crippen LogP contribution in [0.15, 0.2) is 236 Å². The number of aromatic nitrogens is 3. The molecule has 3 nitrogen and oxygen atoms in total. The predicted molar refractivity (Wildman–Crippen MR) is 281 cm³/mol. The minimum atomic E-state index is -0.351. The molecule has 0 N–H and O–H groups in total. The lowest BCUT2D eigenvalue weighted by Crippen LogP contribution is -2.27. The normalized spacial score (nSPS) is 15.4. The Morgan fingerprint density at radius 2 is 0.985 bits per heavy atom. The van der Waals surface area contributed by atoms with Gasteiger partial charge in [0.2, 0.25) is 0 Å². The Hall–Kier alpha value is -8.66. The van der Waals surface area contributed by atoms with E-state index in [1.165, 1.54) is 88.2 Å². The van der Waals surface area contributed by atoms with Gasteiger partial charge in [-0.3, -0.25) is 4.98 Å². The highest BCUT2D eigenvalue weighted by atomic mass is 15.0. The molecule has 1 spiro atoms. The minimum absolute atomic E-state index is 0.213. The van der Waals surface area contributed by atoms with E-state index in [2.05, 4.69) is 229 Å². The van der Waals surface area contributed by atoms with Crippen LogP contribution in [0.5, 0.6) is 0 Å². The van der Waals surface area contributed by atoms with Crippen LogP contribution in [-0.2, 0) is 5.41 Å². The van der Waals surface area contributed by atoms with Gasteiger partial charge < -0.3 is 4.57 Å². The summed E-state index contributed by atoms with van der Waals surface area (Å²) >= 11 is 0. The lowest BCUT2D eigenvalue weighted by atomic mass is 9.68. The maximum Gasteiger partial charge on any atom is 0.0979 e. The average molecular weight is 864 g/mol. The third-order valence-electron chi connectivity index (χ3n) is 15.4. The van der Waals surface area contributed by atoms with Crippen molar-refractivity contribution in [2.75, 3.05) is 0 Å². The van der Waals surface area contributed by atoms with Crippen molar-refractivity contribution in [2.45, 2.75) is 17.8 Å². The summed E-state index contributed by atoms with van der Waals surface area (Å²) in [6.07, 6.45) is 8.03. The van der Waals surface area contributed by atoms with Crippen LogP contribution in [0.4, 0.5) is 0 Å². The van der Waals surface area contributed by atoms with E-state index in [-0.39, 0.29) is 11.3 Å². The van der Waals surface area contributed by atoms with Crippen molar-refractivity contribution in [1.29, 1.82) is 0 Å². The molecule has 0 fully saturated rings. The molecule has 0 amide bonds. The van der Waals surface area contributed by atoms with Gasteiger partial charge in [-0.15, -0.1) is 0 Å². The molecule has 2 heterocycles. The van der Waals surface area contributed by atoms with E-state index in [1.54, 1.807) is 0 Å². The van der Waals surface area contributed by atoms with Gasteiger partial charge in [-0.2, -0.15) is 0 Å². The summed E-state index contributed by atoms with van der Waals surface area (Å²) in [5.41, 5.74) is 21.7. The lowest BCUT2D eigenvalue weighted by Gasteiger charge is -2.33. The molecule has 15 rings (SSSR count). The highest BCUT2D eigenvalue weighted by molar-refractivity contribution is 6.23. The largest absolute Gasteiger partial charge is 0.309 e. The summed E-state index contributed by atoms with van der Waals surface area (Å²) in [6.45, 7) is 0. The molecule has 10 aromatic carbocycles. The summed E-state index contributed by atoms with van der Waals surface area (Å²) in [4.78, 5) is 10.3. The molecule has 0 radical (unpaired) electrons. The van der Waals surface area contributed by atoms with Gasteiger partial charge in [-0.1, -0.05) is 188 Å². The highest BCUT2D eigenvalue weighted by Crippen LogP contribution is 2.65. The number of para-hydroxylation sites is 1. The molecular formula is C65H41N3. The molecule has 316 valence electrons. The quantitative estimate of drug-likeness (QED) is 0.165. The van der Waals surface area contributed by atoms with E-state index in [1.807, 2.05) is 6.20 Å². The molecule has 3 heteroatoms. The van der Waals surface area contributed by atoms with Crippen molar-refractivity contribution in [2.24, 2.45) is 0 Å². The third kappa shape index (κ3) is 5.13. The van der Waals surface area contributed by atoms with Crippen molar-refractivity contribution in [3.8, 4) is 39.2 Å². The van der Waals surface area contributed by atoms with Crippen LogP contribution in [0.1, 0.15) is 40.2 Å². The van der Waals surface area contributed by atoms with E-state index < -0.39 is 0 Å². The Kier molecular flexibility index (Phi) is 7.83. The standard InChI is InChI=1S/C65H41N3/c1-2-14-45(15-3-1)68-61-34-31-42(40-26-28-41(29-27-40)60-39-66-63-52-21-6-4-16-46(52)47-17-5-7-22-53(47)64(63)67-60)36-54(61)55-37-43(32-35-62(55)68)44-30-33-51-50-20-10-13-25-58(50)65(59(51)38-44)56-23-11-8-18-48(56)49-19-9-12-24-57(49)65/h1-29,31-39,44H,30H2. The van der Waals surface area contributed by atoms with Gasteiger partial charge in [0.1, 0.15) is 0 Å². The fraction of sp³-hybridized carbons (Fsp3) is 0.0462. The van der Waals surface area contributed by atoms with Crippen molar-refractivity contribution in [3.63, 3.8) is 0 Å². The second-order valence-corrected chi connectivity index (χ2v) is 18.7. The second kappa shape index (κ2) is 14.2. The molecule has 1 atom stereocenters. The van der Waals surface area contributed by atoms with Gasteiger partial charge >= 0.3 is 0 Å². The zero-order valence-corrected chi connectivity index (χ0v) is 37.1. The summed E-state index contributed by atoms with van der Waals surface area (Å²) in [7, 11) is 0. The first-order chi connectivity index (χ1) is 33.7. The number of rotatable bonds is 4. The Labute approximate surface area is 393 Å². The molecule has 0 bridgehead atoms. The summed E-state index contributed by atoms with van der Waals surface area (Å²) in [5.74, 6) is 0.213. The van der Waals surface area contributed by atoms with Crippen molar-refractivity contribution < 1.29 is 0 Å². The average Bonchev–Trinajstić information content (AvgIpc) is 4.02. The Balaban J connectivity index is 0.853. The number of benzene rings is 10. The molecule has 0 saturated heterocycles. The van der Waals surface area contributed by atoms with E-state index in [0.29, 0.717) is 0 Å². The molecule has 3 aliphatic rings. The Morgan fingerprint density at radius 3 is 1.69 bits per heavy atom. The van der Waals surface area contributed by atoms with Crippen LogP contribution < -0.4 is 0 Å². The fourth-order valence-corrected chi connectivity index (χ4v) is 12.4. The molecular weight excluding hydrogens is 823 g/mol. The van der Waals surface area contributed by atoms with E-state index in [9.17, 15) is 0 Å². The maximum absolute atomic E-state index is 5.28. The summed E-state index contributed by atoms with van der Waals surface area (Å²) < 4.78 is 2.43. The molecule has 12 aromatic rings. The fourth-order valence-electron chi connectivity index (χ4n) is 12.4. The molecule has 0 aliphatic heterocycles. The first-order valence-electron chi connectivity index (χ1n) is 23.7. The first kappa shape index (κ1) is 37.5. The molecule has 0 saturated carbocycles. The Bertz CT molecular complexity index is 4090. The van der Waals surface area contributed by atoms with Crippen LogP contribution >= 0.6 is 0 Å². The van der Waals surface area contributed by atoms with Gasteiger partial charge in [0.15, 0.2) is 0 Å². The van der Waals surface area contributed by atoms with Crippen molar-refractivity contribution in [1.82, 2.24) is 14.5 Å². The maximum atomic E-state index is 5.28. The van der Waals surface area contributed by atoms with E-state index in [4.69, 9.17) is 9.97 Å². The third-order valence-corrected chi connectivity index (χ3v) is 15.4. The van der Waals surface area contributed by atoms with Crippen LogP contribution in [0.2, 0.25) is 0 Å².